The summed E-state index contributed by atoms with van der Waals surface area (Å²) in [5.41, 5.74) is 0. The number of hydrogen-bond acceptors (Lipinski definition) is 1. The zero-order valence-corrected chi connectivity index (χ0v) is 10.1. The zero-order valence-electron chi connectivity index (χ0n) is 10.1. The topological polar surface area (TPSA) is 9.23 Å². The Labute approximate surface area is 91.5 Å². The van der Waals surface area contributed by atoms with E-state index in [1.807, 2.05) is 0 Å². The molecule has 0 spiro atoms. The first-order chi connectivity index (χ1) is 6.83. The molecule has 0 aliphatic carbocycles. The first kappa shape index (κ1) is 14.6. The van der Waals surface area contributed by atoms with Gasteiger partial charge in [-0.05, 0) is 38.7 Å². The first-order valence-corrected chi connectivity index (χ1v) is 5.50. The zero-order chi connectivity index (χ0) is 11.9. The molecule has 15 heavy (non-hydrogen) atoms. The van der Waals surface area contributed by atoms with Crippen LogP contribution in [0.25, 0.3) is 0 Å². The minimum atomic E-state index is -2.83. The minimum absolute atomic E-state index is 0.153. The lowest BCUT2D eigenvalue weighted by Gasteiger charge is -2.14. The molecule has 0 aromatic rings. The van der Waals surface area contributed by atoms with Crippen LogP contribution in [0.15, 0.2) is 12.2 Å². The van der Waals surface area contributed by atoms with E-state index >= 15 is 0 Å². The van der Waals surface area contributed by atoms with Crippen LogP contribution >= 0.6 is 0 Å². The fourth-order valence-corrected chi connectivity index (χ4v) is 1.01. The van der Waals surface area contributed by atoms with Crippen LogP contribution in [-0.4, -0.2) is 18.6 Å². The lowest BCUT2D eigenvalue weighted by Crippen LogP contribution is -2.23. The summed E-state index contributed by atoms with van der Waals surface area (Å²) in [5.74, 6) is -2.28. The second-order valence-corrected chi connectivity index (χ2v) is 4.49. The normalized spacial score (nSPS) is 13.3. The van der Waals surface area contributed by atoms with Gasteiger partial charge in [0, 0.05) is 0 Å². The molecule has 0 radical (unpaired) electrons. The summed E-state index contributed by atoms with van der Waals surface area (Å²) in [6, 6.07) is 0. The average molecular weight is 220 g/mol. The van der Waals surface area contributed by atoms with E-state index in [2.05, 4.69) is 13.8 Å². The highest BCUT2D eigenvalue weighted by Crippen LogP contribution is 2.17. The molecule has 0 aliphatic heterocycles. The molecule has 0 saturated heterocycles. The predicted octanol–water partition coefficient (Wildman–Crippen LogP) is 4.04. The van der Waals surface area contributed by atoms with Crippen molar-refractivity contribution in [1.29, 1.82) is 0 Å². The van der Waals surface area contributed by atoms with E-state index in [4.69, 9.17) is 4.74 Å². The van der Waals surface area contributed by atoms with Gasteiger partial charge in [-0.1, -0.05) is 19.9 Å². The average Bonchev–Trinajstić information content (AvgIpc) is 2.09. The van der Waals surface area contributed by atoms with Crippen LogP contribution in [0.3, 0.4) is 0 Å². The second kappa shape index (κ2) is 6.94. The third-order valence-electron chi connectivity index (χ3n) is 1.88. The molecule has 90 valence electrons. The van der Waals surface area contributed by atoms with Crippen molar-refractivity contribution in [1.82, 2.24) is 0 Å². The molecule has 3 heteroatoms. The molecule has 1 nitrogen and oxygen atoms in total. The van der Waals surface area contributed by atoms with Crippen molar-refractivity contribution in [3.8, 4) is 0 Å². The Balaban J connectivity index is 3.80. The van der Waals surface area contributed by atoms with Crippen molar-refractivity contribution in [2.24, 2.45) is 5.92 Å². The molecule has 0 N–H and O–H groups in total. The van der Waals surface area contributed by atoms with Crippen molar-refractivity contribution >= 4 is 0 Å². The molecule has 0 bridgehead atoms. The van der Waals surface area contributed by atoms with Gasteiger partial charge in [0.05, 0.1) is 6.10 Å². The maximum atomic E-state index is 13.1. The molecule has 0 fully saturated rings. The van der Waals surface area contributed by atoms with Gasteiger partial charge in [0.2, 0.25) is 0 Å². The van der Waals surface area contributed by atoms with Gasteiger partial charge < -0.3 is 4.74 Å². The Hall–Kier alpha value is -0.440. The summed E-state index contributed by atoms with van der Waals surface area (Å²) in [7, 11) is 0. The van der Waals surface area contributed by atoms with E-state index in [1.54, 1.807) is 19.9 Å². The second-order valence-electron chi connectivity index (χ2n) is 4.49. The van der Waals surface area contributed by atoms with E-state index in [0.717, 1.165) is 12.5 Å². The number of alkyl halides is 2. The van der Waals surface area contributed by atoms with Crippen molar-refractivity contribution in [3.05, 3.63) is 12.2 Å². The summed E-state index contributed by atoms with van der Waals surface area (Å²) < 4.78 is 31.1. The Morgan fingerprint density at radius 3 is 2.27 bits per heavy atom. The third kappa shape index (κ3) is 9.85. The van der Waals surface area contributed by atoms with Gasteiger partial charge >= 0.3 is 0 Å². The standard InChI is InChI=1S/C12H22F2O/c1-10(2)7-5-6-8-12(13,14)9-15-11(3)4/h6,8,10-11H,5,7,9H2,1-4H3/b8-6+. The maximum Gasteiger partial charge on any atom is 0.289 e. The Kier molecular flexibility index (Phi) is 6.73. The fraction of sp³-hybridized carbons (Fsp3) is 0.833. The van der Waals surface area contributed by atoms with Crippen molar-refractivity contribution < 1.29 is 13.5 Å². The van der Waals surface area contributed by atoms with Crippen LogP contribution < -0.4 is 0 Å². The number of hydrogen-bond donors (Lipinski definition) is 0. The third-order valence-corrected chi connectivity index (χ3v) is 1.88. The summed E-state index contributed by atoms with van der Waals surface area (Å²) in [6.07, 6.45) is 3.99. The minimum Gasteiger partial charge on any atom is -0.372 e. The van der Waals surface area contributed by atoms with Crippen molar-refractivity contribution in [2.75, 3.05) is 6.61 Å². The molecule has 0 saturated carbocycles. The van der Waals surface area contributed by atoms with E-state index in [1.165, 1.54) is 0 Å². The largest absolute Gasteiger partial charge is 0.372 e. The number of allylic oxidation sites excluding steroid dienone is 1. The molecule has 0 aliphatic rings. The molecule has 0 aromatic heterocycles. The molecule has 0 heterocycles. The summed E-state index contributed by atoms with van der Waals surface area (Å²) in [4.78, 5) is 0. The van der Waals surface area contributed by atoms with Gasteiger partial charge in [0.1, 0.15) is 6.61 Å². The SMILES string of the molecule is CC(C)CC/C=C/C(F)(F)COC(C)C. The fourth-order valence-electron chi connectivity index (χ4n) is 1.01. The van der Waals surface area contributed by atoms with E-state index in [9.17, 15) is 8.78 Å². The maximum absolute atomic E-state index is 13.1. The molecule has 0 atom stereocenters. The number of ether oxygens (including phenoxy) is 1. The van der Waals surface area contributed by atoms with Crippen LogP contribution in [0.1, 0.15) is 40.5 Å². The van der Waals surface area contributed by atoms with Crippen LogP contribution in [0.4, 0.5) is 8.78 Å². The molecule has 0 aromatic carbocycles. The molecule has 0 amide bonds. The van der Waals surface area contributed by atoms with E-state index < -0.39 is 12.5 Å². The lowest BCUT2D eigenvalue weighted by molar-refractivity contribution is -0.0595. The number of halogens is 2. The monoisotopic (exact) mass is 220 g/mol. The van der Waals surface area contributed by atoms with E-state index in [0.29, 0.717) is 12.3 Å². The van der Waals surface area contributed by atoms with Gasteiger partial charge in [0.15, 0.2) is 0 Å². The quantitative estimate of drug-likeness (QED) is 0.588. The highest BCUT2D eigenvalue weighted by molar-refractivity contribution is 4.94. The van der Waals surface area contributed by atoms with Gasteiger partial charge in [-0.15, -0.1) is 0 Å². The summed E-state index contributed by atoms with van der Waals surface area (Å²) in [5, 5.41) is 0. The van der Waals surface area contributed by atoms with Crippen LogP contribution in [0, 0.1) is 5.92 Å². The number of rotatable bonds is 7. The van der Waals surface area contributed by atoms with E-state index in [-0.39, 0.29) is 6.10 Å². The van der Waals surface area contributed by atoms with Crippen LogP contribution in [0.5, 0.6) is 0 Å². The van der Waals surface area contributed by atoms with Gasteiger partial charge in [0.25, 0.3) is 5.92 Å². The van der Waals surface area contributed by atoms with Gasteiger partial charge in [-0.3, -0.25) is 0 Å². The summed E-state index contributed by atoms with van der Waals surface area (Å²) in [6.45, 7) is 7.13. The molecular formula is C12H22F2O. The van der Waals surface area contributed by atoms with Crippen LogP contribution in [0.2, 0.25) is 0 Å². The van der Waals surface area contributed by atoms with Crippen molar-refractivity contribution in [2.45, 2.75) is 52.6 Å². The van der Waals surface area contributed by atoms with Gasteiger partial charge in [-0.2, -0.15) is 8.78 Å². The molecular weight excluding hydrogens is 198 g/mol. The lowest BCUT2D eigenvalue weighted by atomic mass is 10.1. The predicted molar refractivity (Wildman–Crippen MR) is 59.2 cm³/mol. The first-order valence-electron chi connectivity index (χ1n) is 5.50. The Bertz CT molecular complexity index is 186. The smallest absolute Gasteiger partial charge is 0.289 e. The molecule has 0 rings (SSSR count). The van der Waals surface area contributed by atoms with Gasteiger partial charge in [-0.25, -0.2) is 0 Å². The van der Waals surface area contributed by atoms with Crippen molar-refractivity contribution in [3.63, 3.8) is 0 Å². The summed E-state index contributed by atoms with van der Waals surface area (Å²) >= 11 is 0. The Morgan fingerprint density at radius 2 is 1.80 bits per heavy atom. The van der Waals surface area contributed by atoms with Crippen LogP contribution in [-0.2, 0) is 4.74 Å². The highest BCUT2D eigenvalue weighted by atomic mass is 19.3. The highest BCUT2D eigenvalue weighted by Gasteiger charge is 2.25. The Morgan fingerprint density at radius 1 is 1.20 bits per heavy atom. The molecule has 0 unspecified atom stereocenters.